The van der Waals surface area contributed by atoms with Crippen LogP contribution in [0.2, 0.25) is 0 Å². The molecule has 3 heteroatoms. The van der Waals surface area contributed by atoms with E-state index in [1.807, 2.05) is 18.2 Å². The number of methoxy groups -OCH3 is 1. The first-order chi connectivity index (χ1) is 14.3. The zero-order valence-electron chi connectivity index (χ0n) is 19.2. The minimum Gasteiger partial charge on any atom is -0.496 e. The normalized spacial score (nSPS) is 44.9. The van der Waals surface area contributed by atoms with Gasteiger partial charge in [0.15, 0.2) is 0 Å². The highest BCUT2D eigenvalue weighted by Crippen LogP contribution is 2.64. The third-order valence-corrected chi connectivity index (χ3v) is 9.98. The number of hydrogen-bond acceptors (Lipinski definition) is 2. The van der Waals surface area contributed by atoms with E-state index in [2.05, 4.69) is 39.1 Å². The van der Waals surface area contributed by atoms with Gasteiger partial charge in [0, 0.05) is 23.5 Å². The number of benzene rings is 1. The van der Waals surface area contributed by atoms with E-state index in [4.69, 9.17) is 4.74 Å². The van der Waals surface area contributed by atoms with Crippen molar-refractivity contribution >= 4 is 5.91 Å². The van der Waals surface area contributed by atoms with Gasteiger partial charge in [-0.25, -0.2) is 4.79 Å². The van der Waals surface area contributed by atoms with Crippen LogP contribution in [0.15, 0.2) is 36.4 Å². The molecule has 0 saturated heterocycles. The average Bonchev–Trinajstić information content (AvgIpc) is 3.13. The van der Waals surface area contributed by atoms with Gasteiger partial charge in [-0.3, -0.25) is 4.48 Å². The molecule has 1 aromatic carbocycles. The Balaban J connectivity index is 1.50. The number of fused-ring (bicyclic) bond motifs is 5. The summed E-state index contributed by atoms with van der Waals surface area (Å²) >= 11 is 0. The van der Waals surface area contributed by atoms with Gasteiger partial charge in [-0.15, -0.1) is 0 Å². The molecule has 0 aromatic heterocycles. The van der Waals surface area contributed by atoms with Crippen LogP contribution in [0.25, 0.3) is 0 Å². The fourth-order valence-electron chi connectivity index (χ4n) is 8.45. The SMILES string of the molecule is COc1ccccc1C[N+]1(C)C(=O)C=C[C@@]2(C)[C@H]1CC[C@H]1[C@@H]3CCC[C@@]3(C)CC[C@@H]12. The summed E-state index contributed by atoms with van der Waals surface area (Å²) in [5.41, 5.74) is 1.83. The predicted molar refractivity (Wildman–Crippen MR) is 120 cm³/mol. The van der Waals surface area contributed by atoms with Crippen molar-refractivity contribution < 1.29 is 14.0 Å². The minimum absolute atomic E-state index is 0.109. The molecular weight excluding hydrogens is 370 g/mol. The maximum Gasteiger partial charge on any atom is 0.338 e. The van der Waals surface area contributed by atoms with Crippen LogP contribution in [0.3, 0.4) is 0 Å². The molecule has 3 aliphatic carbocycles. The molecule has 1 aliphatic heterocycles. The van der Waals surface area contributed by atoms with Gasteiger partial charge in [0.1, 0.15) is 18.3 Å². The van der Waals surface area contributed by atoms with E-state index in [1.165, 1.54) is 38.5 Å². The Morgan fingerprint density at radius 3 is 2.67 bits per heavy atom. The molecule has 3 saturated carbocycles. The summed E-state index contributed by atoms with van der Waals surface area (Å²) in [7, 11) is 3.91. The van der Waals surface area contributed by atoms with Gasteiger partial charge in [-0.05, 0) is 67.4 Å². The Hall–Kier alpha value is -1.61. The second-order valence-electron chi connectivity index (χ2n) is 11.3. The molecule has 0 radical (unpaired) electrons. The van der Waals surface area contributed by atoms with Crippen molar-refractivity contribution in [2.45, 2.75) is 71.4 Å². The van der Waals surface area contributed by atoms with Gasteiger partial charge in [0.25, 0.3) is 0 Å². The molecule has 0 spiro atoms. The summed E-state index contributed by atoms with van der Waals surface area (Å²) in [6.07, 6.45) is 13.7. The average molecular weight is 409 g/mol. The van der Waals surface area contributed by atoms with Gasteiger partial charge in [0.2, 0.25) is 0 Å². The van der Waals surface area contributed by atoms with Gasteiger partial charge >= 0.3 is 5.91 Å². The number of nitrogens with zero attached hydrogens (tertiary/aromatic N) is 1. The number of carbonyl (C=O) groups excluding carboxylic acids is 1. The minimum atomic E-state index is 0.109. The maximum atomic E-state index is 13.4. The number of para-hydroxylation sites is 1. The molecule has 0 N–H and O–H groups in total. The highest BCUT2D eigenvalue weighted by Gasteiger charge is 2.62. The molecule has 1 unspecified atom stereocenters. The number of rotatable bonds is 3. The smallest absolute Gasteiger partial charge is 0.338 e. The van der Waals surface area contributed by atoms with Gasteiger partial charge in [-0.2, -0.15) is 0 Å². The lowest BCUT2D eigenvalue weighted by Crippen LogP contribution is -2.67. The van der Waals surface area contributed by atoms with Crippen molar-refractivity contribution in [2.75, 3.05) is 14.2 Å². The predicted octanol–water partition coefficient (Wildman–Crippen LogP) is 5.74. The Morgan fingerprint density at radius 2 is 1.87 bits per heavy atom. The molecule has 7 atom stereocenters. The van der Waals surface area contributed by atoms with Crippen molar-refractivity contribution in [1.82, 2.24) is 0 Å². The highest BCUT2D eigenvalue weighted by atomic mass is 16.5. The molecule has 1 aromatic rings. The fraction of sp³-hybridized carbons (Fsp3) is 0.667. The van der Waals surface area contributed by atoms with E-state index in [9.17, 15) is 4.79 Å². The van der Waals surface area contributed by atoms with Crippen molar-refractivity contribution in [3.8, 4) is 5.75 Å². The molecule has 1 amide bonds. The monoisotopic (exact) mass is 408 g/mol. The number of quaternary nitrogens is 1. The summed E-state index contributed by atoms with van der Waals surface area (Å²) in [6.45, 7) is 5.76. The summed E-state index contributed by atoms with van der Waals surface area (Å²) in [5, 5.41) is 0. The first-order valence-electron chi connectivity index (χ1n) is 12.0. The molecule has 30 heavy (non-hydrogen) atoms. The fourth-order valence-corrected chi connectivity index (χ4v) is 8.45. The van der Waals surface area contributed by atoms with Crippen LogP contribution in [0.4, 0.5) is 0 Å². The molecule has 4 aliphatic rings. The molecule has 3 fully saturated rings. The van der Waals surface area contributed by atoms with E-state index >= 15 is 0 Å². The Morgan fingerprint density at radius 1 is 1.07 bits per heavy atom. The molecule has 3 nitrogen and oxygen atoms in total. The lowest BCUT2D eigenvalue weighted by molar-refractivity contribution is -0.882. The second kappa shape index (κ2) is 6.95. The van der Waals surface area contributed by atoms with Gasteiger partial charge < -0.3 is 4.74 Å². The van der Waals surface area contributed by atoms with Crippen LogP contribution in [0.1, 0.15) is 64.4 Å². The lowest BCUT2D eigenvalue weighted by atomic mass is 9.48. The Kier molecular flexibility index (Phi) is 4.70. The highest BCUT2D eigenvalue weighted by molar-refractivity contribution is 5.83. The summed E-state index contributed by atoms with van der Waals surface area (Å²) in [5.74, 6) is 3.60. The van der Waals surface area contributed by atoms with Gasteiger partial charge in [0.05, 0.1) is 14.2 Å². The van der Waals surface area contributed by atoms with Crippen LogP contribution >= 0.6 is 0 Å². The van der Waals surface area contributed by atoms with Crippen molar-refractivity contribution in [3.05, 3.63) is 42.0 Å². The number of hydrogen-bond donors (Lipinski definition) is 0. The number of carbonyl (C=O) groups is 1. The zero-order chi connectivity index (χ0) is 21.1. The summed E-state index contributed by atoms with van der Waals surface area (Å²) in [4.78, 5) is 13.4. The van der Waals surface area contributed by atoms with E-state index in [0.717, 1.165) is 29.6 Å². The van der Waals surface area contributed by atoms with Crippen molar-refractivity contribution in [2.24, 2.45) is 28.6 Å². The quantitative estimate of drug-likeness (QED) is 0.596. The largest absolute Gasteiger partial charge is 0.496 e. The standard InChI is InChI=1S/C27H38NO2/c1-26-15-7-9-21(26)20-11-12-24-27(2,22(20)13-16-26)17-14-25(29)28(24,3)18-19-8-5-6-10-23(19)30-4/h5-6,8,10,14,17,20-22,24H,7,9,11-13,15-16,18H2,1-4H3/q+1/t20-,21-,22-,24+,26-,27+,28?/m0/s1. The maximum absolute atomic E-state index is 13.4. The molecule has 1 heterocycles. The van der Waals surface area contributed by atoms with E-state index in [1.54, 1.807) is 7.11 Å². The van der Waals surface area contributed by atoms with Gasteiger partial charge in [-0.1, -0.05) is 38.5 Å². The molecular formula is C27H38NO2+. The van der Waals surface area contributed by atoms with E-state index in [-0.39, 0.29) is 11.3 Å². The van der Waals surface area contributed by atoms with Crippen LogP contribution in [0, 0.1) is 28.6 Å². The van der Waals surface area contributed by atoms with Crippen LogP contribution in [0.5, 0.6) is 5.75 Å². The number of amides is 1. The van der Waals surface area contributed by atoms with Crippen molar-refractivity contribution in [1.29, 1.82) is 0 Å². The summed E-state index contributed by atoms with van der Waals surface area (Å²) in [6, 6.07) is 8.57. The third kappa shape index (κ3) is 2.77. The van der Waals surface area contributed by atoms with Crippen LogP contribution < -0.4 is 4.74 Å². The van der Waals surface area contributed by atoms with E-state index < -0.39 is 0 Å². The third-order valence-electron chi connectivity index (χ3n) is 9.98. The molecule has 162 valence electrons. The van der Waals surface area contributed by atoms with E-state index in [0.29, 0.717) is 28.4 Å². The zero-order valence-corrected chi connectivity index (χ0v) is 19.2. The second-order valence-corrected chi connectivity index (χ2v) is 11.3. The Bertz CT molecular complexity index is 877. The topological polar surface area (TPSA) is 26.3 Å². The van der Waals surface area contributed by atoms with Crippen LogP contribution in [-0.4, -0.2) is 30.6 Å². The molecule has 0 bridgehead atoms. The summed E-state index contributed by atoms with van der Waals surface area (Å²) < 4.78 is 6.12. The van der Waals surface area contributed by atoms with Crippen molar-refractivity contribution in [3.63, 3.8) is 0 Å². The first-order valence-corrected chi connectivity index (χ1v) is 12.0. The Labute approximate surface area is 182 Å². The van der Waals surface area contributed by atoms with Crippen LogP contribution in [-0.2, 0) is 11.3 Å². The molecule has 5 rings (SSSR count). The lowest BCUT2D eigenvalue weighted by Gasteiger charge is -2.60. The first kappa shape index (κ1) is 20.3. The number of ether oxygens (including phenoxy) is 1. The number of likely N-dealkylation sites (N-methyl/N-ethyl adjacent to an activating group) is 1.